The number of rotatable bonds is 5. The number of pyridine rings is 1. The van der Waals surface area contributed by atoms with Crippen molar-refractivity contribution in [1.29, 1.82) is 0 Å². The van der Waals surface area contributed by atoms with Crippen LogP contribution in [0.5, 0.6) is 0 Å². The molecule has 25 heavy (non-hydrogen) atoms. The van der Waals surface area contributed by atoms with Crippen LogP contribution in [0.15, 0.2) is 30.3 Å². The summed E-state index contributed by atoms with van der Waals surface area (Å²) in [5.74, 6) is 0.732. The van der Waals surface area contributed by atoms with Crippen LogP contribution in [0.25, 0.3) is 10.9 Å². The van der Waals surface area contributed by atoms with Gasteiger partial charge in [-0.25, -0.2) is 0 Å². The number of piperidine rings is 1. The van der Waals surface area contributed by atoms with Crippen LogP contribution in [0.4, 0.5) is 5.69 Å². The van der Waals surface area contributed by atoms with Crippen molar-refractivity contribution >= 4 is 22.5 Å². The van der Waals surface area contributed by atoms with Crippen LogP contribution in [0.2, 0.25) is 0 Å². The molecule has 0 unspecified atom stereocenters. The van der Waals surface area contributed by atoms with Gasteiger partial charge in [0, 0.05) is 42.3 Å². The summed E-state index contributed by atoms with van der Waals surface area (Å²) in [6.07, 6.45) is 3.60. The molecule has 1 saturated heterocycles. The van der Waals surface area contributed by atoms with Gasteiger partial charge in [0.05, 0.1) is 5.52 Å². The number of nitrogens with zero attached hydrogens (tertiary/aromatic N) is 2. The van der Waals surface area contributed by atoms with E-state index in [9.17, 15) is 4.79 Å². The normalized spacial score (nSPS) is 15.8. The molecule has 0 atom stereocenters. The lowest BCUT2D eigenvalue weighted by Gasteiger charge is -2.33. The van der Waals surface area contributed by atoms with Crippen LogP contribution >= 0.6 is 0 Å². The minimum atomic E-state index is 0.302. The van der Waals surface area contributed by atoms with Gasteiger partial charge in [-0.2, -0.15) is 0 Å². The molecule has 134 valence electrons. The highest BCUT2D eigenvalue weighted by Crippen LogP contribution is 2.26. The molecule has 1 N–H and O–H groups in total. The molecular formula is C21H29N3O. The number of aromatic nitrogens is 1. The maximum absolute atomic E-state index is 12.2. The van der Waals surface area contributed by atoms with E-state index < -0.39 is 0 Å². The monoisotopic (exact) mass is 339 g/mol. The number of benzene rings is 1. The van der Waals surface area contributed by atoms with Crippen LogP contribution in [-0.2, 0) is 11.2 Å². The number of fused-ring (bicyclic) bond motifs is 1. The Balaban J connectivity index is 1.68. The van der Waals surface area contributed by atoms with Crippen molar-refractivity contribution in [2.24, 2.45) is 5.92 Å². The largest absolute Gasteiger partial charge is 0.382 e. The third-order valence-electron chi connectivity index (χ3n) is 4.92. The number of amides is 1. The summed E-state index contributed by atoms with van der Waals surface area (Å²) in [6.45, 7) is 8.05. The van der Waals surface area contributed by atoms with E-state index in [1.165, 1.54) is 11.1 Å². The van der Waals surface area contributed by atoms with E-state index in [0.717, 1.165) is 43.6 Å². The Labute approximate surface area is 150 Å². The molecule has 1 fully saturated rings. The molecule has 0 aliphatic carbocycles. The molecule has 1 aromatic carbocycles. The van der Waals surface area contributed by atoms with Crippen LogP contribution in [-0.4, -0.2) is 34.9 Å². The van der Waals surface area contributed by atoms with Gasteiger partial charge in [-0.05, 0) is 37.3 Å². The Hall–Kier alpha value is -2.10. The molecule has 1 aliphatic heterocycles. The molecule has 0 bridgehead atoms. The van der Waals surface area contributed by atoms with Gasteiger partial charge in [-0.15, -0.1) is 0 Å². The Bertz CT molecular complexity index is 733. The molecule has 0 radical (unpaired) electrons. The van der Waals surface area contributed by atoms with Gasteiger partial charge >= 0.3 is 0 Å². The Morgan fingerprint density at radius 1 is 1.28 bits per heavy atom. The fourth-order valence-electron chi connectivity index (χ4n) is 3.50. The zero-order valence-electron chi connectivity index (χ0n) is 15.6. The second-order valence-corrected chi connectivity index (χ2v) is 7.43. The minimum absolute atomic E-state index is 0.302. The predicted molar refractivity (Wildman–Crippen MR) is 104 cm³/mol. The Morgan fingerprint density at radius 2 is 2.00 bits per heavy atom. The summed E-state index contributed by atoms with van der Waals surface area (Å²) in [5.41, 5.74) is 3.34. The van der Waals surface area contributed by atoms with Crippen LogP contribution in [0.1, 0.15) is 45.7 Å². The van der Waals surface area contributed by atoms with E-state index in [4.69, 9.17) is 4.98 Å². The number of aryl methyl sites for hydroxylation is 1. The first-order chi connectivity index (χ1) is 12.1. The quantitative estimate of drug-likeness (QED) is 0.886. The van der Waals surface area contributed by atoms with E-state index in [1.807, 2.05) is 11.0 Å². The van der Waals surface area contributed by atoms with E-state index in [0.29, 0.717) is 24.3 Å². The molecule has 2 aromatic rings. The summed E-state index contributed by atoms with van der Waals surface area (Å²) < 4.78 is 0. The molecule has 1 aromatic heterocycles. The number of carbonyl (C=O) groups excluding carboxylic acids is 1. The van der Waals surface area contributed by atoms with Gasteiger partial charge < -0.3 is 10.2 Å². The molecule has 2 heterocycles. The fourth-order valence-corrected chi connectivity index (χ4v) is 3.50. The first kappa shape index (κ1) is 17.7. The van der Waals surface area contributed by atoms with Crippen LogP contribution in [0.3, 0.4) is 0 Å². The standard InChI is InChI=1S/C21H29N3O/c1-4-16-14-20(18-7-5-6-8-19(18)22-16)23-17-9-11-24(12-10-17)21(25)13-15(2)3/h5-8,14-15,17H,4,9-13H2,1-3H3,(H,22,23). The molecule has 3 rings (SSSR count). The smallest absolute Gasteiger partial charge is 0.222 e. The highest BCUT2D eigenvalue weighted by molar-refractivity contribution is 5.91. The zero-order chi connectivity index (χ0) is 17.8. The molecule has 1 amide bonds. The summed E-state index contributed by atoms with van der Waals surface area (Å²) in [5, 5.41) is 4.90. The fraction of sp³-hybridized carbons (Fsp3) is 0.524. The van der Waals surface area contributed by atoms with Crippen molar-refractivity contribution in [2.45, 2.75) is 52.5 Å². The molecule has 0 saturated carbocycles. The first-order valence-electron chi connectivity index (χ1n) is 9.49. The lowest BCUT2D eigenvalue weighted by molar-refractivity contribution is -0.132. The summed E-state index contributed by atoms with van der Waals surface area (Å²) in [7, 11) is 0. The second-order valence-electron chi connectivity index (χ2n) is 7.43. The van der Waals surface area contributed by atoms with Crippen LogP contribution < -0.4 is 5.32 Å². The molecule has 4 heteroatoms. The topological polar surface area (TPSA) is 45.2 Å². The van der Waals surface area contributed by atoms with Crippen LogP contribution in [0, 0.1) is 5.92 Å². The molecule has 0 spiro atoms. The second kappa shape index (κ2) is 7.85. The van der Waals surface area contributed by atoms with E-state index in [-0.39, 0.29) is 0 Å². The Morgan fingerprint density at radius 3 is 2.68 bits per heavy atom. The van der Waals surface area contributed by atoms with Gasteiger partial charge in [0.15, 0.2) is 0 Å². The van der Waals surface area contributed by atoms with Gasteiger partial charge in [0.1, 0.15) is 0 Å². The predicted octanol–water partition coefficient (Wildman–Crippen LogP) is 4.25. The van der Waals surface area contributed by atoms with Gasteiger partial charge in [-0.1, -0.05) is 39.0 Å². The SMILES string of the molecule is CCc1cc(NC2CCN(C(=O)CC(C)C)CC2)c2ccccc2n1. The molecular weight excluding hydrogens is 310 g/mol. The van der Waals surface area contributed by atoms with Crippen molar-refractivity contribution in [3.8, 4) is 0 Å². The lowest BCUT2D eigenvalue weighted by Crippen LogP contribution is -2.42. The highest BCUT2D eigenvalue weighted by Gasteiger charge is 2.23. The molecule has 1 aliphatic rings. The van der Waals surface area contributed by atoms with Gasteiger partial charge in [0.25, 0.3) is 0 Å². The van der Waals surface area contributed by atoms with Gasteiger partial charge in [0.2, 0.25) is 5.91 Å². The van der Waals surface area contributed by atoms with Gasteiger partial charge in [-0.3, -0.25) is 9.78 Å². The third kappa shape index (κ3) is 4.30. The minimum Gasteiger partial charge on any atom is -0.382 e. The van der Waals surface area contributed by atoms with Crippen molar-refractivity contribution in [3.05, 3.63) is 36.0 Å². The molecule has 4 nitrogen and oxygen atoms in total. The number of nitrogens with one attached hydrogen (secondary N) is 1. The highest BCUT2D eigenvalue weighted by atomic mass is 16.2. The summed E-state index contributed by atoms with van der Waals surface area (Å²) >= 11 is 0. The number of anilines is 1. The third-order valence-corrected chi connectivity index (χ3v) is 4.92. The number of carbonyl (C=O) groups is 1. The number of hydrogen-bond donors (Lipinski definition) is 1. The summed E-state index contributed by atoms with van der Waals surface area (Å²) in [6, 6.07) is 10.9. The van der Waals surface area contributed by atoms with E-state index >= 15 is 0 Å². The van der Waals surface area contributed by atoms with Crippen molar-refractivity contribution in [2.75, 3.05) is 18.4 Å². The number of hydrogen-bond acceptors (Lipinski definition) is 3. The first-order valence-corrected chi connectivity index (χ1v) is 9.49. The maximum atomic E-state index is 12.2. The van der Waals surface area contributed by atoms with Crippen molar-refractivity contribution in [1.82, 2.24) is 9.88 Å². The maximum Gasteiger partial charge on any atom is 0.222 e. The zero-order valence-corrected chi connectivity index (χ0v) is 15.6. The van der Waals surface area contributed by atoms with E-state index in [1.54, 1.807) is 0 Å². The van der Waals surface area contributed by atoms with Crippen molar-refractivity contribution < 1.29 is 4.79 Å². The summed E-state index contributed by atoms with van der Waals surface area (Å²) in [4.78, 5) is 19.0. The Kier molecular flexibility index (Phi) is 5.57. The number of para-hydroxylation sites is 1. The van der Waals surface area contributed by atoms with E-state index in [2.05, 4.69) is 50.4 Å². The lowest BCUT2D eigenvalue weighted by atomic mass is 10.0. The average molecular weight is 339 g/mol. The average Bonchev–Trinajstić information content (AvgIpc) is 2.61. The van der Waals surface area contributed by atoms with Crippen molar-refractivity contribution in [3.63, 3.8) is 0 Å². The number of likely N-dealkylation sites (tertiary alicyclic amines) is 1.